The number of benzene rings is 1. The highest BCUT2D eigenvalue weighted by Crippen LogP contribution is 2.28. The maximum atomic E-state index is 12.8. The van der Waals surface area contributed by atoms with Crippen molar-refractivity contribution in [3.05, 3.63) is 24.3 Å². The second-order valence-corrected chi connectivity index (χ2v) is 9.10. The summed E-state index contributed by atoms with van der Waals surface area (Å²) in [5.41, 5.74) is 5.89. The van der Waals surface area contributed by atoms with E-state index < -0.39 is 15.6 Å². The molecule has 0 radical (unpaired) electrons. The molecule has 1 aromatic rings. The van der Waals surface area contributed by atoms with E-state index in [1.165, 1.54) is 10.4 Å². The number of hydrogen-bond donors (Lipinski definition) is 2. The first-order valence-corrected chi connectivity index (χ1v) is 10.6. The van der Waals surface area contributed by atoms with Gasteiger partial charge in [-0.25, -0.2) is 8.42 Å². The van der Waals surface area contributed by atoms with E-state index in [2.05, 4.69) is 5.32 Å². The van der Waals surface area contributed by atoms with Gasteiger partial charge in [-0.3, -0.25) is 4.79 Å². The summed E-state index contributed by atoms with van der Waals surface area (Å²) in [5.74, 6) is -0.222. The maximum absolute atomic E-state index is 12.8. The Morgan fingerprint density at radius 2 is 1.68 bits per heavy atom. The van der Waals surface area contributed by atoms with Gasteiger partial charge in [0.1, 0.15) is 0 Å². The lowest BCUT2D eigenvalue weighted by molar-refractivity contribution is -0.122. The van der Waals surface area contributed by atoms with Crippen LogP contribution in [0, 0.1) is 0 Å². The molecule has 138 valence electrons. The largest absolute Gasteiger partial charge is 0.324 e. The molecule has 1 aliphatic heterocycles. The molecule has 1 heterocycles. The van der Waals surface area contributed by atoms with Gasteiger partial charge in [-0.2, -0.15) is 4.31 Å². The highest BCUT2D eigenvalue weighted by atomic mass is 32.2. The molecule has 0 bridgehead atoms. The van der Waals surface area contributed by atoms with Crippen molar-refractivity contribution in [1.29, 1.82) is 0 Å². The zero-order valence-electron chi connectivity index (χ0n) is 14.5. The van der Waals surface area contributed by atoms with Crippen LogP contribution in [-0.2, 0) is 14.8 Å². The fourth-order valence-electron chi connectivity index (χ4n) is 3.65. The number of nitrogens with zero attached hydrogens (tertiary/aromatic N) is 1. The number of nitrogens with two attached hydrogens (primary N) is 1. The molecule has 2 aliphatic rings. The van der Waals surface area contributed by atoms with Crippen LogP contribution >= 0.6 is 0 Å². The molecule has 1 saturated carbocycles. The van der Waals surface area contributed by atoms with Gasteiger partial charge in [0.15, 0.2) is 0 Å². The van der Waals surface area contributed by atoms with Crippen LogP contribution in [0.1, 0.15) is 51.4 Å². The van der Waals surface area contributed by atoms with Crippen molar-refractivity contribution in [2.75, 3.05) is 18.4 Å². The van der Waals surface area contributed by atoms with Crippen LogP contribution < -0.4 is 11.1 Å². The van der Waals surface area contributed by atoms with Gasteiger partial charge in [0.2, 0.25) is 15.9 Å². The summed E-state index contributed by atoms with van der Waals surface area (Å²) >= 11 is 0. The van der Waals surface area contributed by atoms with Gasteiger partial charge in [0.25, 0.3) is 0 Å². The fourth-order valence-corrected chi connectivity index (χ4v) is 5.22. The molecule has 2 fully saturated rings. The SMILES string of the molecule is NC1(C(=O)Nc2cccc(S(=O)(=O)N3CCCCC3)c2)CCCCC1. The van der Waals surface area contributed by atoms with Gasteiger partial charge >= 0.3 is 0 Å². The van der Waals surface area contributed by atoms with E-state index in [0.29, 0.717) is 31.6 Å². The van der Waals surface area contributed by atoms with Crippen molar-refractivity contribution in [2.45, 2.75) is 61.8 Å². The third-order valence-electron chi connectivity index (χ3n) is 5.24. The van der Waals surface area contributed by atoms with Crippen LogP contribution in [0.4, 0.5) is 5.69 Å². The normalized spacial score (nSPS) is 21.6. The van der Waals surface area contributed by atoms with Gasteiger partial charge in [-0.05, 0) is 43.9 Å². The number of anilines is 1. The lowest BCUT2D eigenvalue weighted by atomic mass is 9.82. The minimum atomic E-state index is -3.51. The summed E-state index contributed by atoms with van der Waals surface area (Å²) in [6.07, 6.45) is 7.21. The van der Waals surface area contributed by atoms with E-state index in [4.69, 9.17) is 5.73 Å². The van der Waals surface area contributed by atoms with Crippen molar-refractivity contribution in [1.82, 2.24) is 4.31 Å². The van der Waals surface area contributed by atoms with Gasteiger partial charge in [0, 0.05) is 18.8 Å². The zero-order valence-corrected chi connectivity index (χ0v) is 15.4. The summed E-state index contributed by atoms with van der Waals surface area (Å²) in [6.45, 7) is 1.12. The van der Waals surface area contributed by atoms with E-state index in [-0.39, 0.29) is 10.8 Å². The Labute approximate surface area is 149 Å². The maximum Gasteiger partial charge on any atom is 0.244 e. The molecule has 0 unspecified atom stereocenters. The standard InChI is InChI=1S/C18H27N3O3S/c19-18(10-3-1-4-11-18)17(22)20-15-8-7-9-16(14-15)25(23,24)21-12-5-2-6-13-21/h7-9,14H,1-6,10-13,19H2,(H,20,22). The molecule has 6 nitrogen and oxygen atoms in total. The molecule has 0 atom stereocenters. The second-order valence-electron chi connectivity index (χ2n) is 7.16. The third kappa shape index (κ3) is 4.04. The first-order valence-electron chi connectivity index (χ1n) is 9.12. The number of hydrogen-bond acceptors (Lipinski definition) is 4. The van der Waals surface area contributed by atoms with Gasteiger partial charge in [-0.1, -0.05) is 31.7 Å². The van der Waals surface area contributed by atoms with Crippen molar-refractivity contribution < 1.29 is 13.2 Å². The monoisotopic (exact) mass is 365 g/mol. The highest BCUT2D eigenvalue weighted by Gasteiger charge is 2.35. The molecule has 3 N–H and O–H groups in total. The minimum Gasteiger partial charge on any atom is -0.324 e. The van der Waals surface area contributed by atoms with E-state index in [1.807, 2.05) is 0 Å². The fraction of sp³-hybridized carbons (Fsp3) is 0.611. The number of sulfonamides is 1. The molecule has 1 aliphatic carbocycles. The summed E-state index contributed by atoms with van der Waals surface area (Å²) in [7, 11) is -3.51. The number of rotatable bonds is 4. The first kappa shape index (κ1) is 18.4. The van der Waals surface area contributed by atoms with Gasteiger partial charge in [-0.15, -0.1) is 0 Å². The smallest absolute Gasteiger partial charge is 0.244 e. The first-order chi connectivity index (χ1) is 11.9. The Bertz CT molecular complexity index is 721. The number of nitrogens with one attached hydrogen (secondary N) is 1. The van der Waals surface area contributed by atoms with E-state index in [1.54, 1.807) is 18.2 Å². The van der Waals surface area contributed by atoms with Crippen LogP contribution in [0.25, 0.3) is 0 Å². The van der Waals surface area contributed by atoms with Crippen molar-refractivity contribution >= 4 is 21.6 Å². The quantitative estimate of drug-likeness (QED) is 0.857. The second kappa shape index (κ2) is 7.43. The molecule has 0 spiro atoms. The number of carbonyl (C=O) groups is 1. The van der Waals surface area contributed by atoms with Crippen LogP contribution in [-0.4, -0.2) is 37.3 Å². The number of amides is 1. The average Bonchev–Trinajstić information content (AvgIpc) is 2.63. The molecule has 3 rings (SSSR count). The van der Waals surface area contributed by atoms with Gasteiger partial charge in [0.05, 0.1) is 10.4 Å². The Morgan fingerprint density at radius 1 is 1.04 bits per heavy atom. The molecule has 25 heavy (non-hydrogen) atoms. The predicted octanol–water partition coefficient (Wildman–Crippen LogP) is 2.46. The van der Waals surface area contributed by atoms with E-state index in [9.17, 15) is 13.2 Å². The highest BCUT2D eigenvalue weighted by molar-refractivity contribution is 7.89. The molecule has 1 aromatic carbocycles. The van der Waals surface area contributed by atoms with E-state index in [0.717, 1.165) is 38.5 Å². The number of piperidine rings is 1. The average molecular weight is 365 g/mol. The molecule has 7 heteroatoms. The van der Waals surface area contributed by atoms with Crippen molar-refractivity contribution in [3.8, 4) is 0 Å². The Morgan fingerprint density at radius 3 is 2.36 bits per heavy atom. The third-order valence-corrected chi connectivity index (χ3v) is 7.14. The topological polar surface area (TPSA) is 92.5 Å². The summed E-state index contributed by atoms with van der Waals surface area (Å²) in [5, 5.41) is 2.82. The van der Waals surface area contributed by atoms with Crippen LogP contribution in [0.5, 0.6) is 0 Å². The Hall–Kier alpha value is -1.44. The van der Waals surface area contributed by atoms with Crippen LogP contribution in [0.2, 0.25) is 0 Å². The number of carbonyl (C=O) groups excluding carboxylic acids is 1. The van der Waals surface area contributed by atoms with Crippen LogP contribution in [0.3, 0.4) is 0 Å². The lowest BCUT2D eigenvalue weighted by Gasteiger charge is -2.31. The van der Waals surface area contributed by atoms with Crippen LogP contribution in [0.15, 0.2) is 29.2 Å². The zero-order chi connectivity index (χ0) is 17.9. The molecule has 1 amide bonds. The Kier molecular flexibility index (Phi) is 5.46. The summed E-state index contributed by atoms with van der Waals surface area (Å²) in [6, 6.07) is 6.49. The molecule has 1 saturated heterocycles. The van der Waals surface area contributed by atoms with Gasteiger partial charge < -0.3 is 11.1 Å². The molecular formula is C18H27N3O3S. The molecular weight excluding hydrogens is 338 g/mol. The Balaban J connectivity index is 1.76. The van der Waals surface area contributed by atoms with Crippen molar-refractivity contribution in [3.63, 3.8) is 0 Å². The lowest BCUT2D eigenvalue weighted by Crippen LogP contribution is -2.52. The minimum absolute atomic E-state index is 0.222. The molecule has 0 aromatic heterocycles. The van der Waals surface area contributed by atoms with Crippen molar-refractivity contribution in [2.24, 2.45) is 5.73 Å². The predicted molar refractivity (Wildman–Crippen MR) is 97.7 cm³/mol. The van der Waals surface area contributed by atoms with E-state index >= 15 is 0 Å². The summed E-state index contributed by atoms with van der Waals surface area (Å²) < 4.78 is 27.1. The summed E-state index contributed by atoms with van der Waals surface area (Å²) in [4.78, 5) is 12.8.